The molecule has 0 aromatic heterocycles. The maximum atomic E-state index is 6.16. The van der Waals surface area contributed by atoms with Gasteiger partial charge in [-0.1, -0.05) is 53.5 Å². The van der Waals surface area contributed by atoms with Crippen molar-refractivity contribution in [3.05, 3.63) is 82.3 Å². The molecule has 0 aliphatic carbocycles. The third-order valence-electron chi connectivity index (χ3n) is 3.41. The Labute approximate surface area is 179 Å². The van der Waals surface area contributed by atoms with Crippen molar-refractivity contribution >= 4 is 53.5 Å². The lowest BCUT2D eigenvalue weighted by Crippen LogP contribution is -2.02. The highest BCUT2D eigenvalue weighted by Gasteiger charge is 2.08. The minimum absolute atomic E-state index is 0.437. The van der Waals surface area contributed by atoms with E-state index in [1.807, 2.05) is 36.4 Å². The number of benzene rings is 3. The maximum absolute atomic E-state index is 6.16. The second-order valence-corrected chi connectivity index (χ2v) is 7.09. The van der Waals surface area contributed by atoms with Crippen LogP contribution in [0.1, 0.15) is 5.56 Å². The van der Waals surface area contributed by atoms with E-state index < -0.39 is 0 Å². The van der Waals surface area contributed by atoms with Gasteiger partial charge in [0.2, 0.25) is 0 Å². The van der Waals surface area contributed by atoms with Crippen molar-refractivity contribution in [2.45, 2.75) is 11.4 Å². The molecule has 3 nitrogen and oxygen atoms in total. The van der Waals surface area contributed by atoms with Crippen LogP contribution in [0, 0.1) is 0 Å². The van der Waals surface area contributed by atoms with Crippen molar-refractivity contribution < 1.29 is 4.74 Å². The van der Waals surface area contributed by atoms with Crippen molar-refractivity contribution in [1.82, 2.24) is 4.72 Å². The van der Waals surface area contributed by atoms with Crippen LogP contribution in [0.5, 0.6) is 11.5 Å². The molecule has 27 heavy (non-hydrogen) atoms. The van der Waals surface area contributed by atoms with E-state index in [0.717, 1.165) is 11.4 Å². The minimum atomic E-state index is 0.437. The fraction of sp³-hybridized carbons (Fsp3) is 0.100. The van der Waals surface area contributed by atoms with Gasteiger partial charge in [0.25, 0.3) is 0 Å². The van der Waals surface area contributed by atoms with Crippen molar-refractivity contribution in [2.24, 2.45) is 0 Å². The fourth-order valence-corrected chi connectivity index (χ4v) is 3.30. The highest BCUT2D eigenvalue weighted by atomic mass is 35.5. The summed E-state index contributed by atoms with van der Waals surface area (Å²) in [5.41, 5.74) is 7.77. The molecule has 3 aromatic rings. The van der Waals surface area contributed by atoms with Gasteiger partial charge in [0.05, 0.1) is 10.7 Å². The first-order valence-electron chi connectivity index (χ1n) is 8.02. The number of rotatable bonds is 6. The van der Waals surface area contributed by atoms with Crippen molar-refractivity contribution in [1.29, 1.82) is 0 Å². The molecule has 0 bridgehead atoms. The van der Waals surface area contributed by atoms with Crippen molar-refractivity contribution in [3.8, 4) is 11.5 Å². The molecule has 7 heteroatoms. The summed E-state index contributed by atoms with van der Waals surface area (Å²) < 4.78 is 9.17. The van der Waals surface area contributed by atoms with Crippen LogP contribution in [-0.4, -0.2) is 6.26 Å². The maximum Gasteiger partial charge on any atom is 0.151 e. The predicted octanol–water partition coefficient (Wildman–Crippen LogP) is 6.71. The SMILES string of the molecule is CS.Nc1ccc(SNCc2ccccc2)cc1Oc1ccc(Cl)cc1Cl. The first kappa shape index (κ1) is 21.8. The Bertz CT molecular complexity index is 864. The number of halogens is 2. The zero-order chi connectivity index (χ0) is 19.6. The second-order valence-electron chi connectivity index (χ2n) is 5.29. The molecule has 0 amide bonds. The average Bonchev–Trinajstić information content (AvgIpc) is 2.69. The summed E-state index contributed by atoms with van der Waals surface area (Å²) in [6.45, 7) is 0.759. The van der Waals surface area contributed by atoms with Gasteiger partial charge in [0.1, 0.15) is 5.75 Å². The van der Waals surface area contributed by atoms with Crippen LogP contribution in [0.2, 0.25) is 10.0 Å². The van der Waals surface area contributed by atoms with Crippen LogP contribution >= 0.6 is 47.8 Å². The van der Waals surface area contributed by atoms with Crippen LogP contribution in [0.25, 0.3) is 0 Å². The number of thiol groups is 1. The second kappa shape index (κ2) is 11.4. The Balaban J connectivity index is 0.00000126. The van der Waals surface area contributed by atoms with Crippen LogP contribution in [-0.2, 0) is 6.54 Å². The summed E-state index contributed by atoms with van der Waals surface area (Å²) in [6.07, 6.45) is 1.69. The Hall–Kier alpha value is -1.50. The van der Waals surface area contributed by atoms with E-state index in [1.54, 1.807) is 24.5 Å². The van der Waals surface area contributed by atoms with E-state index >= 15 is 0 Å². The van der Waals surface area contributed by atoms with Gasteiger partial charge in [0.15, 0.2) is 5.75 Å². The van der Waals surface area contributed by atoms with Crippen molar-refractivity contribution in [2.75, 3.05) is 12.0 Å². The molecule has 0 fully saturated rings. The number of nitrogens with one attached hydrogen (secondary N) is 1. The number of ether oxygens (including phenoxy) is 1. The number of hydrogen-bond acceptors (Lipinski definition) is 5. The predicted molar refractivity (Wildman–Crippen MR) is 121 cm³/mol. The van der Waals surface area contributed by atoms with Gasteiger partial charge in [-0.25, -0.2) is 0 Å². The summed E-state index contributed by atoms with van der Waals surface area (Å²) in [5.74, 6) is 1.06. The van der Waals surface area contributed by atoms with Gasteiger partial charge in [-0.05, 0) is 60.2 Å². The van der Waals surface area contributed by atoms with Crippen LogP contribution in [0.15, 0.2) is 71.6 Å². The normalized spacial score (nSPS) is 10.1. The highest BCUT2D eigenvalue weighted by molar-refractivity contribution is 7.97. The lowest BCUT2D eigenvalue weighted by Gasteiger charge is -2.12. The Kier molecular flexibility index (Phi) is 9.18. The third kappa shape index (κ3) is 6.87. The molecule has 142 valence electrons. The van der Waals surface area contributed by atoms with Gasteiger partial charge in [0, 0.05) is 16.5 Å². The zero-order valence-electron chi connectivity index (χ0n) is 14.7. The highest BCUT2D eigenvalue weighted by Crippen LogP contribution is 2.35. The third-order valence-corrected chi connectivity index (χ3v) is 4.72. The van der Waals surface area contributed by atoms with Gasteiger partial charge >= 0.3 is 0 Å². The van der Waals surface area contributed by atoms with Crippen LogP contribution in [0.4, 0.5) is 5.69 Å². The lowest BCUT2D eigenvalue weighted by atomic mass is 10.2. The summed E-state index contributed by atoms with van der Waals surface area (Å²) in [5, 5.41) is 0.992. The van der Waals surface area contributed by atoms with E-state index in [-0.39, 0.29) is 0 Å². The Morgan fingerprint density at radius 2 is 1.70 bits per heavy atom. The lowest BCUT2D eigenvalue weighted by molar-refractivity contribution is 0.484. The van der Waals surface area contributed by atoms with E-state index in [0.29, 0.717) is 27.2 Å². The molecule has 3 aromatic carbocycles. The minimum Gasteiger partial charge on any atom is -0.454 e. The van der Waals surface area contributed by atoms with E-state index in [9.17, 15) is 0 Å². The number of nitrogens with two attached hydrogens (primary N) is 1. The molecule has 0 saturated carbocycles. The number of anilines is 1. The van der Waals surface area contributed by atoms with Gasteiger partial charge in [-0.15, -0.1) is 0 Å². The first-order chi connectivity index (χ1) is 13.1. The molecular weight excluding hydrogens is 419 g/mol. The molecule has 0 aliphatic rings. The number of hydrogen-bond donors (Lipinski definition) is 3. The largest absolute Gasteiger partial charge is 0.454 e. The van der Waals surface area contributed by atoms with Crippen molar-refractivity contribution in [3.63, 3.8) is 0 Å². The first-order valence-corrected chi connectivity index (χ1v) is 10.5. The molecule has 0 atom stereocenters. The number of nitrogen functional groups attached to an aromatic ring is 1. The van der Waals surface area contributed by atoms with Gasteiger partial charge in [-0.2, -0.15) is 12.6 Å². The molecule has 0 saturated heterocycles. The van der Waals surface area contributed by atoms with Gasteiger partial charge < -0.3 is 10.5 Å². The Morgan fingerprint density at radius 3 is 2.41 bits per heavy atom. The molecule has 3 rings (SSSR count). The van der Waals surface area contributed by atoms with Crippen LogP contribution < -0.4 is 15.2 Å². The molecule has 3 N–H and O–H groups in total. The molecule has 0 aliphatic heterocycles. The smallest absolute Gasteiger partial charge is 0.151 e. The fourth-order valence-electron chi connectivity index (χ4n) is 2.14. The van der Waals surface area contributed by atoms with E-state index in [4.69, 9.17) is 33.7 Å². The standard InChI is InChI=1S/C19H16Cl2N2OS.CH4S/c20-14-6-9-18(16(21)10-14)24-19-11-15(7-8-17(19)22)25-23-12-13-4-2-1-3-5-13;1-2/h1-11,23H,12,22H2;2H,1H3. The zero-order valence-corrected chi connectivity index (χ0v) is 17.9. The topological polar surface area (TPSA) is 47.3 Å². The van der Waals surface area contributed by atoms with Crippen LogP contribution in [0.3, 0.4) is 0 Å². The summed E-state index contributed by atoms with van der Waals surface area (Å²) in [6, 6.07) is 20.9. The molecule has 0 unspecified atom stereocenters. The van der Waals surface area contributed by atoms with E-state index in [1.165, 1.54) is 17.5 Å². The molecular formula is C20H20Cl2N2OS2. The molecule has 0 spiro atoms. The average molecular weight is 439 g/mol. The summed E-state index contributed by atoms with van der Waals surface area (Å²) in [4.78, 5) is 0.991. The molecule has 0 radical (unpaired) electrons. The monoisotopic (exact) mass is 438 g/mol. The molecule has 0 heterocycles. The Morgan fingerprint density at radius 1 is 0.963 bits per heavy atom. The summed E-state index contributed by atoms with van der Waals surface area (Å²) >= 11 is 17.1. The van der Waals surface area contributed by atoms with E-state index in [2.05, 4.69) is 29.5 Å². The quantitative estimate of drug-likeness (QED) is 0.227. The summed E-state index contributed by atoms with van der Waals surface area (Å²) in [7, 11) is 0. The van der Waals surface area contributed by atoms with Gasteiger partial charge in [-0.3, -0.25) is 4.72 Å².